The maximum atomic E-state index is 11.9. The van der Waals surface area contributed by atoms with E-state index in [1.54, 1.807) is 12.2 Å². The summed E-state index contributed by atoms with van der Waals surface area (Å²) in [5, 5.41) is 8.84. The Morgan fingerprint density at radius 3 is 2.67 bits per heavy atom. The molecule has 0 aromatic rings. The summed E-state index contributed by atoms with van der Waals surface area (Å²) in [6.45, 7) is 6.02. The number of carboxylic acid groups (broad SMARTS) is 1. The van der Waals surface area contributed by atoms with E-state index in [0.717, 1.165) is 12.8 Å². The molecule has 2 rings (SSSR count). The summed E-state index contributed by atoms with van der Waals surface area (Å²) in [5.41, 5.74) is -0.911. The van der Waals surface area contributed by atoms with Crippen LogP contribution in [0.25, 0.3) is 0 Å². The van der Waals surface area contributed by atoms with Crippen LogP contribution in [-0.4, -0.2) is 34.5 Å². The molecule has 1 unspecified atom stereocenters. The van der Waals surface area contributed by atoms with Crippen LogP contribution in [0, 0.1) is 5.92 Å². The number of ether oxygens (including phenoxy) is 2. The minimum absolute atomic E-state index is 0.0968. The number of ketones is 1. The molecule has 114 valence electrons. The topological polar surface area (TPSA) is 89.9 Å². The van der Waals surface area contributed by atoms with Crippen LogP contribution in [0.3, 0.4) is 0 Å². The molecule has 0 spiro atoms. The number of rotatable bonds is 4. The molecule has 2 aliphatic heterocycles. The van der Waals surface area contributed by atoms with Crippen LogP contribution >= 0.6 is 0 Å². The Kier molecular flexibility index (Phi) is 3.89. The standard InChI is InChI=1S/C15H18O6/c1-4-8(2)7-15(3)6-5-9(21-15)10-11(16)12(13(17)18)20-14(10)19/h5-6,8,12H,4,7H2,1-3H3,(H,17,18)/b10-9+/t8?,12-,15+/m0/s1. The third kappa shape index (κ3) is 2.84. The van der Waals surface area contributed by atoms with E-state index in [1.165, 1.54) is 0 Å². The van der Waals surface area contributed by atoms with Gasteiger partial charge in [0.2, 0.25) is 5.78 Å². The Hall–Kier alpha value is -2.11. The summed E-state index contributed by atoms with van der Waals surface area (Å²) < 4.78 is 10.3. The highest BCUT2D eigenvalue weighted by molar-refractivity contribution is 6.29. The Morgan fingerprint density at radius 2 is 2.14 bits per heavy atom. The maximum Gasteiger partial charge on any atom is 0.353 e. The molecule has 1 N–H and O–H groups in total. The van der Waals surface area contributed by atoms with Crippen molar-refractivity contribution in [3.05, 3.63) is 23.5 Å². The van der Waals surface area contributed by atoms with E-state index >= 15 is 0 Å². The Labute approximate surface area is 122 Å². The number of allylic oxidation sites excluding steroid dienone is 1. The van der Waals surface area contributed by atoms with E-state index in [9.17, 15) is 14.4 Å². The zero-order chi connectivity index (χ0) is 15.8. The van der Waals surface area contributed by atoms with Crippen LogP contribution in [0.1, 0.15) is 33.6 Å². The number of hydrogen-bond donors (Lipinski definition) is 1. The number of carbonyl (C=O) groups is 3. The normalized spacial score (nSPS) is 33.0. The lowest BCUT2D eigenvalue weighted by Crippen LogP contribution is -2.27. The molecule has 0 radical (unpaired) electrons. The second-order valence-electron chi connectivity index (χ2n) is 5.69. The summed E-state index contributed by atoms with van der Waals surface area (Å²) in [6, 6.07) is 0. The fourth-order valence-electron chi connectivity index (χ4n) is 2.49. The number of carbonyl (C=O) groups excluding carboxylic acids is 2. The number of hydrogen-bond acceptors (Lipinski definition) is 5. The molecule has 0 amide bonds. The number of aliphatic carboxylic acids is 1. The summed E-state index contributed by atoms with van der Waals surface area (Å²) >= 11 is 0. The maximum absolute atomic E-state index is 11.9. The van der Waals surface area contributed by atoms with Gasteiger partial charge in [-0.3, -0.25) is 4.79 Å². The smallest absolute Gasteiger partial charge is 0.353 e. The van der Waals surface area contributed by atoms with Crippen LogP contribution < -0.4 is 0 Å². The SMILES string of the molecule is CCC(C)C[C@@]1(C)C=C/C(=C2\C(=O)O[C@H](C(=O)O)C2=O)O1. The van der Waals surface area contributed by atoms with Crippen LogP contribution in [0.15, 0.2) is 23.5 Å². The van der Waals surface area contributed by atoms with Crippen molar-refractivity contribution in [2.24, 2.45) is 5.92 Å². The molecular weight excluding hydrogens is 276 g/mol. The molecule has 0 aromatic carbocycles. The Balaban J connectivity index is 2.24. The molecule has 1 saturated heterocycles. The third-order valence-electron chi connectivity index (χ3n) is 3.77. The van der Waals surface area contributed by atoms with Gasteiger partial charge in [-0.15, -0.1) is 0 Å². The van der Waals surface area contributed by atoms with Crippen molar-refractivity contribution in [2.45, 2.75) is 45.3 Å². The third-order valence-corrected chi connectivity index (χ3v) is 3.77. The predicted octanol–water partition coefficient (Wildman–Crippen LogP) is 1.60. The average Bonchev–Trinajstić information content (AvgIpc) is 2.90. The van der Waals surface area contributed by atoms with Gasteiger partial charge in [0.05, 0.1) is 0 Å². The minimum atomic E-state index is -1.77. The van der Waals surface area contributed by atoms with E-state index in [-0.39, 0.29) is 11.3 Å². The highest BCUT2D eigenvalue weighted by Gasteiger charge is 2.47. The van der Waals surface area contributed by atoms with Gasteiger partial charge in [0.15, 0.2) is 0 Å². The molecule has 0 aromatic heterocycles. The van der Waals surface area contributed by atoms with Crippen LogP contribution in [0.4, 0.5) is 0 Å². The molecule has 0 aliphatic carbocycles. The molecule has 0 bridgehead atoms. The zero-order valence-electron chi connectivity index (χ0n) is 12.2. The van der Waals surface area contributed by atoms with Gasteiger partial charge in [-0.2, -0.15) is 0 Å². The largest absolute Gasteiger partial charge is 0.482 e. The Morgan fingerprint density at radius 1 is 1.48 bits per heavy atom. The van der Waals surface area contributed by atoms with Crippen LogP contribution in [-0.2, 0) is 23.9 Å². The van der Waals surface area contributed by atoms with Gasteiger partial charge in [-0.1, -0.05) is 20.3 Å². The van der Waals surface area contributed by atoms with Crippen molar-refractivity contribution in [1.29, 1.82) is 0 Å². The van der Waals surface area contributed by atoms with Crippen molar-refractivity contribution in [3.63, 3.8) is 0 Å². The second-order valence-corrected chi connectivity index (χ2v) is 5.69. The molecule has 6 nitrogen and oxygen atoms in total. The number of cyclic esters (lactones) is 1. The molecular formula is C15H18O6. The predicted molar refractivity (Wildman–Crippen MR) is 72.3 cm³/mol. The summed E-state index contributed by atoms with van der Waals surface area (Å²) in [7, 11) is 0. The van der Waals surface area contributed by atoms with Crippen molar-refractivity contribution in [1.82, 2.24) is 0 Å². The van der Waals surface area contributed by atoms with E-state index in [2.05, 4.69) is 18.6 Å². The first-order chi connectivity index (χ1) is 9.77. The second kappa shape index (κ2) is 5.35. The lowest BCUT2D eigenvalue weighted by atomic mass is 9.92. The van der Waals surface area contributed by atoms with Crippen LogP contribution in [0.2, 0.25) is 0 Å². The zero-order valence-corrected chi connectivity index (χ0v) is 12.2. The molecule has 0 saturated carbocycles. The van der Waals surface area contributed by atoms with E-state index in [4.69, 9.17) is 9.84 Å². The number of carboxylic acids is 1. The lowest BCUT2D eigenvalue weighted by Gasteiger charge is -2.26. The van der Waals surface area contributed by atoms with Crippen molar-refractivity contribution in [3.8, 4) is 0 Å². The Bertz CT molecular complexity index is 559. The van der Waals surface area contributed by atoms with Gasteiger partial charge in [-0.25, -0.2) is 9.59 Å². The van der Waals surface area contributed by atoms with Crippen molar-refractivity contribution in [2.75, 3.05) is 0 Å². The number of esters is 1. The van der Waals surface area contributed by atoms with Crippen molar-refractivity contribution >= 4 is 17.7 Å². The monoisotopic (exact) mass is 294 g/mol. The van der Waals surface area contributed by atoms with Gasteiger partial charge < -0.3 is 14.6 Å². The van der Waals surface area contributed by atoms with Gasteiger partial charge in [0.25, 0.3) is 6.10 Å². The molecule has 6 heteroatoms. The first kappa shape index (κ1) is 15.3. The first-order valence-electron chi connectivity index (χ1n) is 6.88. The van der Waals surface area contributed by atoms with E-state index in [0.29, 0.717) is 5.92 Å². The first-order valence-corrected chi connectivity index (χ1v) is 6.88. The van der Waals surface area contributed by atoms with Crippen LogP contribution in [0.5, 0.6) is 0 Å². The van der Waals surface area contributed by atoms with E-state index in [1.807, 2.05) is 6.92 Å². The van der Waals surface area contributed by atoms with Gasteiger partial charge >= 0.3 is 11.9 Å². The molecule has 21 heavy (non-hydrogen) atoms. The van der Waals surface area contributed by atoms with Crippen molar-refractivity contribution < 1.29 is 29.0 Å². The fraction of sp³-hybridized carbons (Fsp3) is 0.533. The molecule has 2 heterocycles. The van der Waals surface area contributed by atoms with E-state index < -0.39 is 29.4 Å². The quantitative estimate of drug-likeness (QED) is 0.366. The minimum Gasteiger partial charge on any atom is -0.482 e. The van der Waals surface area contributed by atoms with Gasteiger partial charge in [0, 0.05) is 0 Å². The molecule has 2 aliphatic rings. The fourth-order valence-corrected chi connectivity index (χ4v) is 2.49. The number of Topliss-reactive ketones (excluding diaryl/α,β-unsaturated/α-hetero) is 1. The average molecular weight is 294 g/mol. The van der Waals surface area contributed by atoms with Gasteiger partial charge in [0.1, 0.15) is 16.9 Å². The molecule has 1 fully saturated rings. The van der Waals surface area contributed by atoms with Gasteiger partial charge in [-0.05, 0) is 31.4 Å². The summed E-state index contributed by atoms with van der Waals surface area (Å²) in [6.07, 6.45) is 3.29. The molecule has 3 atom stereocenters. The summed E-state index contributed by atoms with van der Waals surface area (Å²) in [4.78, 5) is 34.5. The lowest BCUT2D eigenvalue weighted by molar-refractivity contribution is -0.158. The summed E-state index contributed by atoms with van der Waals surface area (Å²) in [5.74, 6) is -2.77. The highest BCUT2D eigenvalue weighted by Crippen LogP contribution is 2.35. The highest BCUT2D eigenvalue weighted by atomic mass is 16.6.